The Morgan fingerprint density at radius 1 is 1.26 bits per heavy atom. The van der Waals surface area contributed by atoms with Crippen LogP contribution in [0.5, 0.6) is 0 Å². The van der Waals surface area contributed by atoms with Crippen molar-refractivity contribution in [3.8, 4) is 0 Å². The number of hydrogen-bond donors (Lipinski definition) is 2. The van der Waals surface area contributed by atoms with Gasteiger partial charge in [-0.1, -0.05) is 35.3 Å². The molecule has 27 heavy (non-hydrogen) atoms. The highest BCUT2D eigenvalue weighted by molar-refractivity contribution is 6.36. The highest BCUT2D eigenvalue weighted by Crippen LogP contribution is 2.20. The molecule has 8 nitrogen and oxygen atoms in total. The zero-order valence-electron chi connectivity index (χ0n) is 14.5. The second kappa shape index (κ2) is 9.38. The van der Waals surface area contributed by atoms with Gasteiger partial charge in [0.05, 0.1) is 10.6 Å². The van der Waals surface area contributed by atoms with E-state index < -0.39 is 30.4 Å². The van der Waals surface area contributed by atoms with Crippen molar-refractivity contribution in [1.29, 1.82) is 0 Å². The molecule has 0 saturated heterocycles. The van der Waals surface area contributed by atoms with Gasteiger partial charge in [0, 0.05) is 11.1 Å². The van der Waals surface area contributed by atoms with E-state index in [9.17, 15) is 14.4 Å². The van der Waals surface area contributed by atoms with E-state index in [1.165, 1.54) is 24.3 Å². The van der Waals surface area contributed by atoms with Gasteiger partial charge in [-0.15, -0.1) is 0 Å². The Morgan fingerprint density at radius 3 is 2.59 bits per heavy atom. The van der Waals surface area contributed by atoms with Crippen molar-refractivity contribution in [3.63, 3.8) is 0 Å². The van der Waals surface area contributed by atoms with Gasteiger partial charge >= 0.3 is 5.97 Å². The van der Waals surface area contributed by atoms with Gasteiger partial charge in [-0.2, -0.15) is 0 Å². The van der Waals surface area contributed by atoms with Crippen LogP contribution in [0, 0.1) is 6.92 Å². The maximum Gasteiger partial charge on any atom is 0.326 e. The summed E-state index contributed by atoms with van der Waals surface area (Å²) >= 11 is 11.7. The van der Waals surface area contributed by atoms with Gasteiger partial charge < -0.3 is 19.9 Å². The van der Waals surface area contributed by atoms with Crippen LogP contribution in [0.15, 0.2) is 28.8 Å². The molecule has 1 unspecified atom stereocenters. The fraction of sp³-hybridized carbons (Fsp3) is 0.294. The van der Waals surface area contributed by atoms with Gasteiger partial charge in [-0.3, -0.25) is 14.4 Å². The molecule has 0 spiro atoms. The summed E-state index contributed by atoms with van der Waals surface area (Å²) in [5.41, 5.74) is 0.167. The molecule has 1 aromatic carbocycles. The molecule has 1 aromatic heterocycles. The average molecular weight is 414 g/mol. The lowest BCUT2D eigenvalue weighted by molar-refractivity contribution is -0.153. The van der Waals surface area contributed by atoms with Crippen LogP contribution in [0.25, 0.3) is 0 Å². The molecule has 10 heteroatoms. The minimum Gasteiger partial charge on any atom is -0.451 e. The van der Waals surface area contributed by atoms with E-state index in [1.54, 1.807) is 13.8 Å². The van der Waals surface area contributed by atoms with E-state index in [2.05, 4.69) is 15.8 Å². The summed E-state index contributed by atoms with van der Waals surface area (Å²) in [5.74, 6) is -1.14. The van der Waals surface area contributed by atoms with E-state index in [1.807, 2.05) is 0 Å². The first kappa shape index (κ1) is 20.7. The van der Waals surface area contributed by atoms with E-state index in [0.717, 1.165) is 0 Å². The second-order valence-corrected chi connectivity index (χ2v) is 6.35. The van der Waals surface area contributed by atoms with Crippen LogP contribution in [0.4, 0.5) is 5.82 Å². The van der Waals surface area contributed by atoms with Crippen molar-refractivity contribution in [2.45, 2.75) is 26.4 Å². The van der Waals surface area contributed by atoms with Crippen molar-refractivity contribution < 1.29 is 23.6 Å². The third-order valence-electron chi connectivity index (χ3n) is 3.39. The summed E-state index contributed by atoms with van der Waals surface area (Å²) in [6, 6.07) is 5.89. The third-order valence-corrected chi connectivity index (χ3v) is 3.93. The highest BCUT2D eigenvalue weighted by atomic mass is 35.5. The number of carbonyl (C=O) groups excluding carboxylic acids is 3. The van der Waals surface area contributed by atoms with Crippen LogP contribution in [-0.4, -0.2) is 35.6 Å². The molecule has 1 heterocycles. The van der Waals surface area contributed by atoms with E-state index in [-0.39, 0.29) is 22.8 Å². The van der Waals surface area contributed by atoms with Crippen molar-refractivity contribution in [1.82, 2.24) is 10.5 Å². The smallest absolute Gasteiger partial charge is 0.326 e. The number of hydrogen-bond acceptors (Lipinski definition) is 6. The Hall–Kier alpha value is -2.58. The first-order chi connectivity index (χ1) is 12.8. The Labute approximate surface area is 165 Å². The number of nitrogens with zero attached hydrogens (tertiary/aromatic N) is 1. The molecule has 0 radical (unpaired) electrons. The van der Waals surface area contributed by atoms with Gasteiger partial charge in [0.2, 0.25) is 0 Å². The largest absolute Gasteiger partial charge is 0.451 e. The summed E-state index contributed by atoms with van der Waals surface area (Å²) in [7, 11) is 0. The average Bonchev–Trinajstić information content (AvgIpc) is 3.02. The molecular weight excluding hydrogens is 397 g/mol. The standard InChI is InChI=1S/C17H17Cl2N3O5/c1-3-13(17(25)21-14-6-9(2)27-22-14)26-15(23)8-20-16(24)11-5-4-10(18)7-12(11)19/h4-7,13H,3,8H2,1-2H3,(H,20,24)(H,21,22,25). The first-order valence-corrected chi connectivity index (χ1v) is 8.72. The number of ether oxygens (including phenoxy) is 1. The number of halogens is 2. The van der Waals surface area contributed by atoms with Crippen molar-refractivity contribution >= 4 is 46.8 Å². The SMILES string of the molecule is CCC(OC(=O)CNC(=O)c1ccc(Cl)cc1Cl)C(=O)Nc1cc(C)on1. The van der Waals surface area contributed by atoms with Crippen LogP contribution in [-0.2, 0) is 14.3 Å². The van der Waals surface area contributed by atoms with Crippen LogP contribution >= 0.6 is 23.2 Å². The molecule has 2 amide bonds. The van der Waals surface area contributed by atoms with Crippen LogP contribution in [0.2, 0.25) is 10.0 Å². The number of anilines is 1. The Balaban J connectivity index is 1.87. The van der Waals surface area contributed by atoms with Crippen LogP contribution in [0.3, 0.4) is 0 Å². The molecular formula is C17H17Cl2N3O5. The van der Waals surface area contributed by atoms with E-state index in [4.69, 9.17) is 32.5 Å². The number of benzene rings is 1. The third kappa shape index (κ3) is 5.97. The van der Waals surface area contributed by atoms with Crippen molar-refractivity contribution in [2.24, 2.45) is 0 Å². The quantitative estimate of drug-likeness (QED) is 0.674. The molecule has 0 fully saturated rings. The van der Waals surface area contributed by atoms with Crippen LogP contribution in [0.1, 0.15) is 29.5 Å². The van der Waals surface area contributed by atoms with Gasteiger partial charge in [0.15, 0.2) is 11.9 Å². The van der Waals surface area contributed by atoms with E-state index >= 15 is 0 Å². The Morgan fingerprint density at radius 2 is 2.00 bits per heavy atom. The van der Waals surface area contributed by atoms with Gasteiger partial charge in [-0.05, 0) is 31.5 Å². The predicted molar refractivity (Wildman–Crippen MR) is 98.8 cm³/mol. The molecule has 2 N–H and O–H groups in total. The highest BCUT2D eigenvalue weighted by Gasteiger charge is 2.22. The summed E-state index contributed by atoms with van der Waals surface area (Å²) in [6.07, 6.45) is -0.795. The molecule has 144 valence electrons. The molecule has 1 atom stereocenters. The van der Waals surface area contributed by atoms with E-state index in [0.29, 0.717) is 10.8 Å². The molecule has 0 aliphatic heterocycles. The summed E-state index contributed by atoms with van der Waals surface area (Å²) in [5, 5.41) is 9.04. The number of nitrogens with one attached hydrogen (secondary N) is 2. The number of esters is 1. The molecule has 2 rings (SSSR count). The number of aryl methyl sites for hydroxylation is 1. The lowest BCUT2D eigenvalue weighted by Gasteiger charge is -2.15. The van der Waals surface area contributed by atoms with Gasteiger partial charge in [0.25, 0.3) is 11.8 Å². The Bertz CT molecular complexity index is 853. The topological polar surface area (TPSA) is 111 Å². The zero-order valence-corrected chi connectivity index (χ0v) is 16.1. The number of amides is 2. The normalized spacial score (nSPS) is 11.6. The summed E-state index contributed by atoms with van der Waals surface area (Å²) < 4.78 is 9.94. The fourth-order valence-corrected chi connectivity index (χ4v) is 2.57. The fourth-order valence-electron chi connectivity index (χ4n) is 2.08. The number of aromatic nitrogens is 1. The lowest BCUT2D eigenvalue weighted by atomic mass is 10.2. The predicted octanol–water partition coefficient (Wildman–Crippen LogP) is 2.98. The van der Waals surface area contributed by atoms with Crippen LogP contribution < -0.4 is 10.6 Å². The first-order valence-electron chi connectivity index (χ1n) is 7.97. The minimum atomic E-state index is -1.04. The number of carbonyl (C=O) groups is 3. The zero-order chi connectivity index (χ0) is 20.0. The summed E-state index contributed by atoms with van der Waals surface area (Å²) in [6.45, 7) is 2.93. The number of rotatable bonds is 7. The molecule has 0 aliphatic carbocycles. The Kier molecular flexibility index (Phi) is 7.20. The molecule has 0 bridgehead atoms. The van der Waals surface area contributed by atoms with Gasteiger partial charge in [-0.25, -0.2) is 0 Å². The summed E-state index contributed by atoms with van der Waals surface area (Å²) in [4.78, 5) is 36.1. The maximum atomic E-state index is 12.1. The lowest BCUT2D eigenvalue weighted by Crippen LogP contribution is -2.37. The van der Waals surface area contributed by atoms with Crippen molar-refractivity contribution in [3.05, 3.63) is 45.6 Å². The minimum absolute atomic E-state index is 0.155. The molecule has 0 saturated carbocycles. The second-order valence-electron chi connectivity index (χ2n) is 5.51. The van der Waals surface area contributed by atoms with Gasteiger partial charge in [0.1, 0.15) is 12.3 Å². The van der Waals surface area contributed by atoms with Crippen molar-refractivity contribution in [2.75, 3.05) is 11.9 Å². The monoisotopic (exact) mass is 413 g/mol. The maximum absolute atomic E-state index is 12.1. The molecule has 0 aliphatic rings. The molecule has 2 aromatic rings.